The lowest BCUT2D eigenvalue weighted by Gasteiger charge is -2.11. The highest BCUT2D eigenvalue weighted by atomic mass is 16.3. The summed E-state index contributed by atoms with van der Waals surface area (Å²) in [5.74, 6) is 2.82. The Balaban J connectivity index is 2.09. The molecule has 7 heteroatoms. The standard InChI is InChI=1S/C11H16N6O/c1-7-4-5-8(18-7)6-13-10-14-9(12)15-11(16-10)17(2)3/h4-5H,6H2,1-3H3,(H3,12,13,14,15,16). The number of aromatic nitrogens is 3. The van der Waals surface area contributed by atoms with Gasteiger partial charge >= 0.3 is 0 Å². The predicted octanol–water partition coefficient (Wildman–Crippen LogP) is 1.03. The van der Waals surface area contributed by atoms with Gasteiger partial charge in [-0.15, -0.1) is 0 Å². The minimum Gasteiger partial charge on any atom is -0.465 e. The third-order valence-electron chi connectivity index (χ3n) is 2.26. The van der Waals surface area contributed by atoms with E-state index < -0.39 is 0 Å². The van der Waals surface area contributed by atoms with E-state index in [-0.39, 0.29) is 5.95 Å². The highest BCUT2D eigenvalue weighted by Crippen LogP contribution is 2.11. The molecule has 96 valence electrons. The van der Waals surface area contributed by atoms with E-state index in [4.69, 9.17) is 10.2 Å². The molecular formula is C11H16N6O. The molecule has 0 amide bonds. The molecule has 18 heavy (non-hydrogen) atoms. The number of nitrogens with zero attached hydrogens (tertiary/aromatic N) is 4. The summed E-state index contributed by atoms with van der Waals surface area (Å²) in [7, 11) is 3.68. The van der Waals surface area contributed by atoms with E-state index >= 15 is 0 Å². The van der Waals surface area contributed by atoms with E-state index in [1.807, 2.05) is 33.2 Å². The van der Waals surface area contributed by atoms with Crippen LogP contribution >= 0.6 is 0 Å². The first-order valence-corrected chi connectivity index (χ1v) is 5.52. The molecule has 3 N–H and O–H groups in total. The van der Waals surface area contributed by atoms with Crippen molar-refractivity contribution in [2.45, 2.75) is 13.5 Å². The Morgan fingerprint density at radius 2 is 2.06 bits per heavy atom. The quantitative estimate of drug-likeness (QED) is 0.834. The van der Waals surface area contributed by atoms with Gasteiger partial charge in [0.2, 0.25) is 17.8 Å². The van der Waals surface area contributed by atoms with E-state index in [9.17, 15) is 0 Å². The molecule has 0 aliphatic heterocycles. The Hall–Kier alpha value is -2.31. The number of nitrogens with one attached hydrogen (secondary N) is 1. The zero-order valence-electron chi connectivity index (χ0n) is 10.6. The van der Waals surface area contributed by atoms with Crippen LogP contribution < -0.4 is 16.0 Å². The third kappa shape index (κ3) is 2.88. The first-order valence-electron chi connectivity index (χ1n) is 5.52. The fraction of sp³-hybridized carbons (Fsp3) is 0.364. The fourth-order valence-electron chi connectivity index (χ4n) is 1.41. The van der Waals surface area contributed by atoms with Crippen LogP contribution in [-0.4, -0.2) is 29.0 Å². The van der Waals surface area contributed by atoms with Gasteiger partial charge in [0.1, 0.15) is 11.5 Å². The van der Waals surface area contributed by atoms with E-state index in [1.54, 1.807) is 4.90 Å². The minimum absolute atomic E-state index is 0.187. The molecule has 7 nitrogen and oxygen atoms in total. The van der Waals surface area contributed by atoms with Gasteiger partial charge in [-0.25, -0.2) is 0 Å². The number of hydrogen-bond donors (Lipinski definition) is 2. The van der Waals surface area contributed by atoms with Crippen LogP contribution in [0.2, 0.25) is 0 Å². The summed E-state index contributed by atoms with van der Waals surface area (Å²) in [6.45, 7) is 2.40. The van der Waals surface area contributed by atoms with Gasteiger partial charge in [0.15, 0.2) is 0 Å². The van der Waals surface area contributed by atoms with Crippen molar-refractivity contribution in [2.75, 3.05) is 30.0 Å². The lowest BCUT2D eigenvalue weighted by molar-refractivity contribution is 0.490. The van der Waals surface area contributed by atoms with Crippen molar-refractivity contribution in [3.8, 4) is 0 Å². The Kier molecular flexibility index (Phi) is 3.31. The second-order valence-electron chi connectivity index (χ2n) is 4.08. The molecule has 0 radical (unpaired) electrons. The summed E-state index contributed by atoms with van der Waals surface area (Å²) in [6.07, 6.45) is 0. The fourth-order valence-corrected chi connectivity index (χ4v) is 1.41. The average Bonchev–Trinajstić information content (AvgIpc) is 2.72. The first kappa shape index (κ1) is 12.2. The van der Waals surface area contributed by atoms with Crippen molar-refractivity contribution in [3.63, 3.8) is 0 Å². The van der Waals surface area contributed by atoms with Crippen molar-refractivity contribution in [1.82, 2.24) is 15.0 Å². The lowest BCUT2D eigenvalue weighted by atomic mass is 10.4. The van der Waals surface area contributed by atoms with Gasteiger partial charge in [0, 0.05) is 14.1 Å². The normalized spacial score (nSPS) is 10.4. The maximum atomic E-state index is 5.62. The number of furan rings is 1. The van der Waals surface area contributed by atoms with Crippen molar-refractivity contribution in [3.05, 3.63) is 23.7 Å². The maximum absolute atomic E-state index is 5.62. The van der Waals surface area contributed by atoms with Crippen molar-refractivity contribution in [1.29, 1.82) is 0 Å². The van der Waals surface area contributed by atoms with Gasteiger partial charge in [-0.2, -0.15) is 15.0 Å². The molecule has 2 aromatic heterocycles. The molecule has 0 fully saturated rings. The molecule has 2 aromatic rings. The third-order valence-corrected chi connectivity index (χ3v) is 2.26. The number of nitrogens with two attached hydrogens (primary N) is 1. The van der Waals surface area contributed by atoms with E-state index in [1.165, 1.54) is 0 Å². The monoisotopic (exact) mass is 248 g/mol. The number of aryl methyl sites for hydroxylation is 1. The number of hydrogen-bond acceptors (Lipinski definition) is 7. The SMILES string of the molecule is Cc1ccc(CNc2nc(N)nc(N(C)C)n2)o1. The van der Waals surface area contributed by atoms with Crippen molar-refractivity contribution >= 4 is 17.8 Å². The minimum atomic E-state index is 0.187. The molecule has 0 saturated heterocycles. The van der Waals surface area contributed by atoms with E-state index in [0.29, 0.717) is 18.4 Å². The molecule has 0 spiro atoms. The summed E-state index contributed by atoms with van der Waals surface area (Å²) in [4.78, 5) is 14.0. The topological polar surface area (TPSA) is 93.1 Å². The van der Waals surface area contributed by atoms with Crippen LogP contribution in [0.3, 0.4) is 0 Å². The van der Waals surface area contributed by atoms with Crippen molar-refractivity contribution < 1.29 is 4.42 Å². The molecule has 0 unspecified atom stereocenters. The van der Waals surface area contributed by atoms with E-state index in [0.717, 1.165) is 11.5 Å². The van der Waals surface area contributed by atoms with Crippen LogP contribution in [-0.2, 0) is 6.54 Å². The Bertz CT molecular complexity index is 536. The zero-order valence-corrected chi connectivity index (χ0v) is 10.6. The summed E-state index contributed by atoms with van der Waals surface area (Å²) < 4.78 is 5.44. The average molecular weight is 248 g/mol. The summed E-state index contributed by atoms with van der Waals surface area (Å²) >= 11 is 0. The molecule has 0 aliphatic rings. The molecular weight excluding hydrogens is 232 g/mol. The van der Waals surface area contributed by atoms with Crippen LogP contribution in [0, 0.1) is 6.92 Å². The first-order chi connectivity index (χ1) is 8.54. The molecule has 2 heterocycles. The van der Waals surface area contributed by atoms with Gasteiger partial charge in [-0.1, -0.05) is 0 Å². The van der Waals surface area contributed by atoms with Gasteiger partial charge in [-0.05, 0) is 19.1 Å². The number of anilines is 3. The summed E-state index contributed by atoms with van der Waals surface area (Å²) in [5, 5.41) is 3.05. The lowest BCUT2D eigenvalue weighted by Crippen LogP contribution is -2.16. The second-order valence-corrected chi connectivity index (χ2v) is 4.08. The van der Waals surface area contributed by atoms with Crippen LogP contribution in [0.1, 0.15) is 11.5 Å². The van der Waals surface area contributed by atoms with Gasteiger partial charge < -0.3 is 20.4 Å². The van der Waals surface area contributed by atoms with Gasteiger partial charge in [0.25, 0.3) is 0 Å². The van der Waals surface area contributed by atoms with Gasteiger partial charge in [0.05, 0.1) is 6.54 Å². The Labute approximate surface area is 105 Å². The number of rotatable bonds is 4. The summed E-state index contributed by atoms with van der Waals surface area (Å²) in [5.41, 5.74) is 5.62. The Morgan fingerprint density at radius 3 is 2.67 bits per heavy atom. The van der Waals surface area contributed by atoms with Crippen molar-refractivity contribution in [2.24, 2.45) is 0 Å². The Morgan fingerprint density at radius 1 is 1.28 bits per heavy atom. The number of nitrogen functional groups attached to an aromatic ring is 1. The smallest absolute Gasteiger partial charge is 0.231 e. The van der Waals surface area contributed by atoms with Crippen LogP contribution in [0.15, 0.2) is 16.5 Å². The second kappa shape index (κ2) is 4.91. The van der Waals surface area contributed by atoms with Crippen LogP contribution in [0.4, 0.5) is 17.8 Å². The van der Waals surface area contributed by atoms with Crippen LogP contribution in [0.25, 0.3) is 0 Å². The molecule has 0 bridgehead atoms. The molecule has 0 atom stereocenters. The zero-order chi connectivity index (χ0) is 13.1. The predicted molar refractivity (Wildman–Crippen MR) is 69.3 cm³/mol. The highest BCUT2D eigenvalue weighted by molar-refractivity contribution is 5.40. The van der Waals surface area contributed by atoms with Crippen LogP contribution in [0.5, 0.6) is 0 Å². The molecule has 0 saturated carbocycles. The summed E-state index contributed by atoms with van der Waals surface area (Å²) in [6, 6.07) is 3.81. The maximum Gasteiger partial charge on any atom is 0.231 e. The molecule has 2 rings (SSSR count). The van der Waals surface area contributed by atoms with E-state index in [2.05, 4.69) is 20.3 Å². The molecule has 0 aromatic carbocycles. The van der Waals surface area contributed by atoms with Gasteiger partial charge in [-0.3, -0.25) is 0 Å². The molecule has 0 aliphatic carbocycles. The largest absolute Gasteiger partial charge is 0.465 e. The highest BCUT2D eigenvalue weighted by Gasteiger charge is 2.06.